The lowest BCUT2D eigenvalue weighted by atomic mass is 10.0. The molecule has 0 aliphatic carbocycles. The lowest BCUT2D eigenvalue weighted by molar-refractivity contribution is -0.136. The number of rotatable bonds is 4. The second-order valence-electron chi connectivity index (χ2n) is 8.16. The molecule has 2 aliphatic rings. The van der Waals surface area contributed by atoms with Gasteiger partial charge < -0.3 is 9.88 Å². The zero-order valence-corrected chi connectivity index (χ0v) is 17.6. The Labute approximate surface area is 175 Å². The van der Waals surface area contributed by atoms with Gasteiger partial charge in [0.05, 0.1) is 24.0 Å². The van der Waals surface area contributed by atoms with Crippen molar-refractivity contribution >= 4 is 28.4 Å². The minimum atomic E-state index is -0.160. The maximum Gasteiger partial charge on any atom is 0.258 e. The van der Waals surface area contributed by atoms with Gasteiger partial charge in [-0.3, -0.25) is 19.4 Å². The average molecular weight is 418 g/mol. The summed E-state index contributed by atoms with van der Waals surface area (Å²) in [6, 6.07) is 5.54. The number of carbonyl (C=O) groups is 1. The number of H-pyrrole nitrogens is 1. The van der Waals surface area contributed by atoms with Crippen LogP contribution in [0, 0.1) is 0 Å². The molecule has 0 radical (unpaired) electrons. The summed E-state index contributed by atoms with van der Waals surface area (Å²) in [7, 11) is 0. The van der Waals surface area contributed by atoms with Crippen LogP contribution < -0.4 is 5.56 Å². The van der Waals surface area contributed by atoms with Crippen LogP contribution in [0.2, 0.25) is 5.02 Å². The van der Waals surface area contributed by atoms with E-state index in [4.69, 9.17) is 11.6 Å². The number of nitrogens with zero attached hydrogens (tertiary/aromatic N) is 4. The van der Waals surface area contributed by atoms with Gasteiger partial charge in [0.25, 0.3) is 5.56 Å². The molecule has 156 valence electrons. The van der Waals surface area contributed by atoms with E-state index in [2.05, 4.69) is 26.7 Å². The summed E-state index contributed by atoms with van der Waals surface area (Å²) in [4.78, 5) is 39.0. The number of aromatic nitrogens is 2. The van der Waals surface area contributed by atoms with Crippen LogP contribution in [-0.2, 0) is 11.3 Å². The zero-order chi connectivity index (χ0) is 20.4. The van der Waals surface area contributed by atoms with Crippen LogP contribution in [0.1, 0.15) is 32.0 Å². The number of nitrogens with one attached hydrogen (secondary N) is 1. The van der Waals surface area contributed by atoms with E-state index in [1.807, 2.05) is 4.90 Å². The molecule has 1 N–H and O–H groups in total. The van der Waals surface area contributed by atoms with E-state index < -0.39 is 0 Å². The van der Waals surface area contributed by atoms with Crippen molar-refractivity contribution in [2.24, 2.45) is 0 Å². The molecule has 0 bridgehead atoms. The number of likely N-dealkylation sites (tertiary alicyclic amines) is 1. The summed E-state index contributed by atoms with van der Waals surface area (Å²) in [6.45, 7) is 7.55. The van der Waals surface area contributed by atoms with Gasteiger partial charge in [-0.05, 0) is 44.4 Å². The van der Waals surface area contributed by atoms with Crippen LogP contribution in [0.5, 0.6) is 0 Å². The molecule has 1 amide bonds. The van der Waals surface area contributed by atoms with E-state index in [9.17, 15) is 9.59 Å². The Balaban J connectivity index is 1.32. The summed E-state index contributed by atoms with van der Waals surface area (Å²) in [5.74, 6) is 0.918. The fraction of sp³-hybridized carbons (Fsp3) is 0.571. The molecule has 2 fully saturated rings. The first-order valence-corrected chi connectivity index (χ1v) is 10.8. The summed E-state index contributed by atoms with van der Waals surface area (Å²) in [6.07, 6.45) is 3.46. The Morgan fingerprint density at radius 3 is 2.69 bits per heavy atom. The maximum atomic E-state index is 12.6. The minimum absolute atomic E-state index is 0.160. The van der Waals surface area contributed by atoms with Gasteiger partial charge in [0.15, 0.2) is 0 Å². The van der Waals surface area contributed by atoms with Gasteiger partial charge >= 0.3 is 0 Å². The van der Waals surface area contributed by atoms with Gasteiger partial charge in [0, 0.05) is 43.8 Å². The molecule has 1 atom stereocenters. The van der Waals surface area contributed by atoms with Crippen molar-refractivity contribution in [2.45, 2.75) is 38.8 Å². The number of amides is 1. The van der Waals surface area contributed by atoms with Crippen LogP contribution in [0.25, 0.3) is 10.9 Å². The molecule has 1 aromatic carbocycles. The van der Waals surface area contributed by atoms with Crippen molar-refractivity contribution in [3.63, 3.8) is 0 Å². The number of piperidine rings is 1. The summed E-state index contributed by atoms with van der Waals surface area (Å²) in [5, 5.41) is 1.04. The number of hydrogen-bond acceptors (Lipinski definition) is 5. The van der Waals surface area contributed by atoms with Gasteiger partial charge in [-0.15, -0.1) is 0 Å². The SMILES string of the molecule is CC1CCCCN1C(=O)CN1CCN(Cc2nc3ccc(Cl)cc3c(=O)[nH]2)CC1. The van der Waals surface area contributed by atoms with E-state index in [0.717, 1.165) is 45.6 Å². The predicted octanol–water partition coefficient (Wildman–Crippen LogP) is 2.10. The number of aromatic amines is 1. The molecular weight excluding hydrogens is 390 g/mol. The fourth-order valence-electron chi connectivity index (χ4n) is 4.30. The zero-order valence-electron chi connectivity index (χ0n) is 16.9. The number of fused-ring (bicyclic) bond motifs is 1. The third-order valence-electron chi connectivity index (χ3n) is 6.04. The topological polar surface area (TPSA) is 72.5 Å². The molecule has 8 heteroatoms. The first kappa shape index (κ1) is 20.3. The molecule has 2 aliphatic heterocycles. The molecule has 2 saturated heterocycles. The van der Waals surface area contributed by atoms with Crippen molar-refractivity contribution < 1.29 is 4.79 Å². The molecule has 4 rings (SSSR count). The van der Waals surface area contributed by atoms with E-state index in [1.54, 1.807) is 18.2 Å². The second kappa shape index (κ2) is 8.81. The number of benzene rings is 1. The molecular formula is C21H28ClN5O2. The summed E-state index contributed by atoms with van der Waals surface area (Å²) < 4.78 is 0. The molecule has 2 aromatic rings. The minimum Gasteiger partial charge on any atom is -0.339 e. The summed E-state index contributed by atoms with van der Waals surface area (Å²) >= 11 is 5.97. The number of halogens is 1. The highest BCUT2D eigenvalue weighted by Gasteiger charge is 2.26. The first-order chi connectivity index (χ1) is 14.0. The van der Waals surface area contributed by atoms with E-state index in [1.165, 1.54) is 6.42 Å². The van der Waals surface area contributed by atoms with Gasteiger partial charge in [-0.2, -0.15) is 0 Å². The Morgan fingerprint density at radius 2 is 1.93 bits per heavy atom. The molecule has 29 heavy (non-hydrogen) atoms. The summed E-state index contributed by atoms with van der Waals surface area (Å²) in [5.41, 5.74) is 0.500. The number of carbonyl (C=O) groups excluding carboxylic acids is 1. The molecule has 3 heterocycles. The molecule has 1 aromatic heterocycles. The lowest BCUT2D eigenvalue weighted by Gasteiger charge is -2.37. The second-order valence-corrected chi connectivity index (χ2v) is 8.59. The van der Waals surface area contributed by atoms with Crippen molar-refractivity contribution in [3.8, 4) is 0 Å². The quantitative estimate of drug-likeness (QED) is 0.824. The third kappa shape index (κ3) is 4.79. The van der Waals surface area contributed by atoms with E-state index >= 15 is 0 Å². The van der Waals surface area contributed by atoms with E-state index in [0.29, 0.717) is 40.9 Å². The van der Waals surface area contributed by atoms with E-state index in [-0.39, 0.29) is 11.5 Å². The van der Waals surface area contributed by atoms with Crippen LogP contribution in [0.15, 0.2) is 23.0 Å². The van der Waals surface area contributed by atoms with Gasteiger partial charge in [0.1, 0.15) is 5.82 Å². The lowest BCUT2D eigenvalue weighted by Crippen LogP contribution is -2.52. The van der Waals surface area contributed by atoms with Crippen molar-refractivity contribution in [1.29, 1.82) is 0 Å². The van der Waals surface area contributed by atoms with Gasteiger partial charge in [0.2, 0.25) is 5.91 Å². The van der Waals surface area contributed by atoms with Gasteiger partial charge in [-0.25, -0.2) is 4.98 Å². The Morgan fingerprint density at radius 1 is 1.17 bits per heavy atom. The standard InChI is InChI=1S/C21H28ClN5O2/c1-15-4-2-3-7-27(15)20(28)14-26-10-8-25(9-11-26)13-19-23-18-6-5-16(22)12-17(18)21(29)24-19/h5-6,12,15H,2-4,7-11,13-14H2,1H3,(H,23,24,29). The third-order valence-corrected chi connectivity index (χ3v) is 6.27. The smallest absolute Gasteiger partial charge is 0.258 e. The normalized spacial score (nSPS) is 21.6. The highest BCUT2D eigenvalue weighted by Crippen LogP contribution is 2.17. The van der Waals surface area contributed by atoms with Crippen LogP contribution in [0.4, 0.5) is 0 Å². The number of hydrogen-bond donors (Lipinski definition) is 1. The molecule has 0 spiro atoms. The fourth-order valence-corrected chi connectivity index (χ4v) is 4.47. The predicted molar refractivity (Wildman–Crippen MR) is 114 cm³/mol. The Bertz CT molecular complexity index is 938. The Kier molecular flexibility index (Phi) is 6.18. The monoisotopic (exact) mass is 417 g/mol. The van der Waals surface area contributed by atoms with Crippen molar-refractivity contribution in [3.05, 3.63) is 39.4 Å². The highest BCUT2D eigenvalue weighted by atomic mass is 35.5. The van der Waals surface area contributed by atoms with Crippen molar-refractivity contribution in [1.82, 2.24) is 24.7 Å². The molecule has 0 saturated carbocycles. The molecule has 1 unspecified atom stereocenters. The largest absolute Gasteiger partial charge is 0.339 e. The maximum absolute atomic E-state index is 12.6. The van der Waals surface area contributed by atoms with Crippen LogP contribution in [-0.4, -0.2) is 75.9 Å². The molecule has 7 nitrogen and oxygen atoms in total. The van der Waals surface area contributed by atoms with Crippen LogP contribution >= 0.6 is 11.6 Å². The van der Waals surface area contributed by atoms with Crippen molar-refractivity contribution in [2.75, 3.05) is 39.3 Å². The van der Waals surface area contributed by atoms with Crippen LogP contribution in [0.3, 0.4) is 0 Å². The number of piperazine rings is 1. The Hall–Kier alpha value is -1.96. The average Bonchev–Trinajstić information content (AvgIpc) is 2.70. The van der Waals surface area contributed by atoms with Gasteiger partial charge in [-0.1, -0.05) is 11.6 Å². The first-order valence-electron chi connectivity index (χ1n) is 10.4. The highest BCUT2D eigenvalue weighted by molar-refractivity contribution is 6.31.